The lowest BCUT2D eigenvalue weighted by Crippen LogP contribution is -2.13. The third-order valence-electron chi connectivity index (χ3n) is 2.96. The molecule has 0 fully saturated rings. The Morgan fingerprint density at radius 3 is 2.13 bits per heavy atom. The topological polar surface area (TPSA) is 87.3 Å². The zero-order chi connectivity index (χ0) is 16.1. The number of amides is 1. The number of nitrogens with zero attached hydrogens (tertiary/aromatic N) is 2. The summed E-state index contributed by atoms with van der Waals surface area (Å²) in [5.41, 5.74) is 5.38. The van der Waals surface area contributed by atoms with E-state index >= 15 is 0 Å². The van der Waals surface area contributed by atoms with Gasteiger partial charge < -0.3 is 15.2 Å². The van der Waals surface area contributed by atoms with Crippen LogP contribution in [-0.4, -0.2) is 15.9 Å². The van der Waals surface area contributed by atoms with Gasteiger partial charge in [-0.15, -0.1) is 0 Å². The standard InChI is InChI=1S/C17H13N3O3/c18-16(21)15-10-19-11-20-17(15)23-14-8-6-13(7-9-14)22-12-4-2-1-3-5-12/h1-11H,(H2,18,21). The number of hydrogen-bond acceptors (Lipinski definition) is 5. The minimum atomic E-state index is -0.648. The number of carbonyl (C=O) groups excluding carboxylic acids is 1. The molecule has 0 atom stereocenters. The second-order valence-corrected chi connectivity index (χ2v) is 4.59. The highest BCUT2D eigenvalue weighted by molar-refractivity contribution is 5.94. The fourth-order valence-electron chi connectivity index (χ4n) is 1.88. The molecule has 3 rings (SSSR count). The Hall–Kier alpha value is -3.41. The van der Waals surface area contributed by atoms with Crippen LogP contribution in [0.15, 0.2) is 67.1 Å². The fraction of sp³-hybridized carbons (Fsp3) is 0. The number of benzene rings is 2. The molecule has 0 radical (unpaired) electrons. The van der Waals surface area contributed by atoms with E-state index in [2.05, 4.69) is 9.97 Å². The van der Waals surface area contributed by atoms with E-state index in [1.807, 2.05) is 30.3 Å². The minimum absolute atomic E-state index is 0.115. The largest absolute Gasteiger partial charge is 0.457 e. The highest BCUT2D eigenvalue weighted by atomic mass is 16.5. The van der Waals surface area contributed by atoms with Gasteiger partial charge in [-0.3, -0.25) is 4.79 Å². The number of nitrogens with two attached hydrogens (primary N) is 1. The summed E-state index contributed by atoms with van der Waals surface area (Å²) in [7, 11) is 0. The summed E-state index contributed by atoms with van der Waals surface area (Å²) in [5.74, 6) is 1.38. The molecule has 0 aliphatic carbocycles. The molecule has 2 N–H and O–H groups in total. The number of primary amides is 1. The first-order valence-corrected chi connectivity index (χ1v) is 6.83. The number of aromatic nitrogens is 2. The summed E-state index contributed by atoms with van der Waals surface area (Å²) in [5, 5.41) is 0. The Labute approximate surface area is 132 Å². The molecule has 0 bridgehead atoms. The quantitative estimate of drug-likeness (QED) is 0.782. The van der Waals surface area contributed by atoms with Crippen molar-refractivity contribution in [1.82, 2.24) is 9.97 Å². The van der Waals surface area contributed by atoms with E-state index in [4.69, 9.17) is 15.2 Å². The van der Waals surface area contributed by atoms with Crippen LogP contribution in [0.2, 0.25) is 0 Å². The molecule has 1 amide bonds. The molecule has 0 aliphatic rings. The predicted molar refractivity (Wildman–Crippen MR) is 83.6 cm³/mol. The van der Waals surface area contributed by atoms with Gasteiger partial charge in [0.1, 0.15) is 29.1 Å². The summed E-state index contributed by atoms with van der Waals surface area (Å²) < 4.78 is 11.3. The van der Waals surface area contributed by atoms with Gasteiger partial charge in [0, 0.05) is 6.20 Å². The smallest absolute Gasteiger partial charge is 0.255 e. The van der Waals surface area contributed by atoms with E-state index in [0.717, 1.165) is 5.75 Å². The van der Waals surface area contributed by atoms with E-state index < -0.39 is 5.91 Å². The molecule has 114 valence electrons. The van der Waals surface area contributed by atoms with Crippen molar-refractivity contribution in [2.24, 2.45) is 5.73 Å². The molecule has 0 unspecified atom stereocenters. The molecule has 0 saturated carbocycles. The number of hydrogen-bond donors (Lipinski definition) is 1. The molecule has 1 heterocycles. The van der Waals surface area contributed by atoms with Crippen molar-refractivity contribution in [1.29, 1.82) is 0 Å². The first-order chi connectivity index (χ1) is 11.2. The SMILES string of the molecule is NC(=O)c1cncnc1Oc1ccc(Oc2ccccc2)cc1. The van der Waals surface area contributed by atoms with E-state index in [9.17, 15) is 4.79 Å². The van der Waals surface area contributed by atoms with Crippen LogP contribution in [0.1, 0.15) is 10.4 Å². The molecule has 0 spiro atoms. The van der Waals surface area contributed by atoms with Gasteiger partial charge in [0.2, 0.25) is 5.88 Å². The van der Waals surface area contributed by atoms with Gasteiger partial charge in [0.25, 0.3) is 5.91 Å². The minimum Gasteiger partial charge on any atom is -0.457 e. The highest BCUT2D eigenvalue weighted by Gasteiger charge is 2.11. The van der Waals surface area contributed by atoms with E-state index in [1.54, 1.807) is 24.3 Å². The molecule has 6 heteroatoms. The van der Waals surface area contributed by atoms with E-state index in [1.165, 1.54) is 12.5 Å². The van der Waals surface area contributed by atoms with Gasteiger partial charge in [0.05, 0.1) is 0 Å². The molecule has 23 heavy (non-hydrogen) atoms. The molecule has 1 aromatic heterocycles. The molecule has 2 aromatic carbocycles. The summed E-state index contributed by atoms with van der Waals surface area (Å²) in [6.07, 6.45) is 2.60. The van der Waals surface area contributed by atoms with Gasteiger partial charge in [0.15, 0.2) is 0 Å². The van der Waals surface area contributed by atoms with Crippen LogP contribution in [0, 0.1) is 0 Å². The summed E-state index contributed by atoms with van der Waals surface area (Å²) in [4.78, 5) is 19.0. The third kappa shape index (κ3) is 3.62. The molecular weight excluding hydrogens is 294 g/mol. The van der Waals surface area contributed by atoms with E-state index in [-0.39, 0.29) is 11.4 Å². The van der Waals surface area contributed by atoms with E-state index in [0.29, 0.717) is 11.5 Å². The summed E-state index contributed by atoms with van der Waals surface area (Å²) in [6, 6.07) is 16.4. The fourth-order valence-corrected chi connectivity index (χ4v) is 1.88. The Balaban J connectivity index is 1.74. The van der Waals surface area contributed by atoms with Crippen LogP contribution < -0.4 is 15.2 Å². The van der Waals surface area contributed by atoms with Crippen molar-refractivity contribution in [3.8, 4) is 23.1 Å². The van der Waals surface area contributed by atoms with Crippen molar-refractivity contribution < 1.29 is 14.3 Å². The number of para-hydroxylation sites is 1. The second kappa shape index (κ2) is 6.57. The maximum Gasteiger partial charge on any atom is 0.255 e. The first-order valence-electron chi connectivity index (χ1n) is 6.83. The maximum atomic E-state index is 11.3. The van der Waals surface area contributed by atoms with Gasteiger partial charge >= 0.3 is 0 Å². The average molecular weight is 307 g/mol. The van der Waals surface area contributed by atoms with Crippen molar-refractivity contribution >= 4 is 5.91 Å². The lowest BCUT2D eigenvalue weighted by atomic mass is 10.3. The number of carbonyl (C=O) groups is 1. The molecular formula is C17H13N3O3. The molecule has 3 aromatic rings. The van der Waals surface area contributed by atoms with Crippen molar-refractivity contribution in [3.05, 3.63) is 72.7 Å². The molecule has 0 saturated heterocycles. The highest BCUT2D eigenvalue weighted by Crippen LogP contribution is 2.26. The zero-order valence-electron chi connectivity index (χ0n) is 12.0. The van der Waals surface area contributed by atoms with Crippen molar-refractivity contribution in [2.75, 3.05) is 0 Å². The van der Waals surface area contributed by atoms with Crippen LogP contribution in [-0.2, 0) is 0 Å². The Morgan fingerprint density at radius 1 is 0.870 bits per heavy atom. The molecule has 6 nitrogen and oxygen atoms in total. The van der Waals surface area contributed by atoms with Gasteiger partial charge in [-0.1, -0.05) is 18.2 Å². The maximum absolute atomic E-state index is 11.3. The average Bonchev–Trinajstić information content (AvgIpc) is 2.58. The third-order valence-corrected chi connectivity index (χ3v) is 2.96. The van der Waals surface area contributed by atoms with Crippen LogP contribution in [0.3, 0.4) is 0 Å². The van der Waals surface area contributed by atoms with Crippen LogP contribution >= 0.6 is 0 Å². The first kappa shape index (κ1) is 14.5. The molecule has 0 aliphatic heterocycles. The number of rotatable bonds is 5. The number of ether oxygens (including phenoxy) is 2. The van der Waals surface area contributed by atoms with Crippen LogP contribution in [0.4, 0.5) is 0 Å². The van der Waals surface area contributed by atoms with Gasteiger partial charge in [-0.2, -0.15) is 0 Å². The van der Waals surface area contributed by atoms with Crippen LogP contribution in [0.25, 0.3) is 0 Å². The van der Waals surface area contributed by atoms with Crippen LogP contribution in [0.5, 0.6) is 23.1 Å². The van der Waals surface area contributed by atoms with Gasteiger partial charge in [-0.25, -0.2) is 9.97 Å². The normalized spacial score (nSPS) is 10.1. The predicted octanol–water partition coefficient (Wildman–Crippen LogP) is 3.16. The zero-order valence-corrected chi connectivity index (χ0v) is 12.0. The second-order valence-electron chi connectivity index (χ2n) is 4.59. The Morgan fingerprint density at radius 2 is 1.48 bits per heavy atom. The summed E-state index contributed by atoms with van der Waals surface area (Å²) >= 11 is 0. The van der Waals surface area contributed by atoms with Crippen molar-refractivity contribution in [2.45, 2.75) is 0 Å². The summed E-state index contributed by atoms with van der Waals surface area (Å²) in [6.45, 7) is 0. The van der Waals surface area contributed by atoms with Crippen molar-refractivity contribution in [3.63, 3.8) is 0 Å². The Kier molecular flexibility index (Phi) is 4.15. The van der Waals surface area contributed by atoms with Gasteiger partial charge in [-0.05, 0) is 36.4 Å². The monoisotopic (exact) mass is 307 g/mol. The lowest BCUT2D eigenvalue weighted by Gasteiger charge is -2.09. The Bertz CT molecular complexity index is 805. The lowest BCUT2D eigenvalue weighted by molar-refractivity contribution is 0.0997.